The number of aliphatic hydroxyl groups excluding tert-OH is 1. The first-order valence-corrected chi connectivity index (χ1v) is 12.0. The van der Waals surface area contributed by atoms with Crippen molar-refractivity contribution in [2.45, 2.75) is 31.8 Å². The van der Waals surface area contributed by atoms with Gasteiger partial charge in [0.25, 0.3) is 5.56 Å². The topological polar surface area (TPSA) is 156 Å². The van der Waals surface area contributed by atoms with Crippen LogP contribution in [0.4, 0.5) is 0 Å². The van der Waals surface area contributed by atoms with Crippen LogP contribution >= 0.6 is 35.4 Å². The summed E-state index contributed by atoms with van der Waals surface area (Å²) in [4.78, 5) is 39.1. The zero-order valence-corrected chi connectivity index (χ0v) is 19.7. The van der Waals surface area contributed by atoms with Crippen molar-refractivity contribution < 1.29 is 28.3 Å². The van der Waals surface area contributed by atoms with Gasteiger partial charge in [-0.3, -0.25) is 23.8 Å². The number of aryl methyl sites for hydroxylation is 1. The Morgan fingerprint density at radius 3 is 2.88 bits per heavy atom. The Balaban J connectivity index is 1.56. The molecule has 2 aromatic heterocycles. The van der Waals surface area contributed by atoms with E-state index < -0.39 is 44.1 Å². The Kier molecular flexibility index (Phi) is 6.38. The van der Waals surface area contributed by atoms with Gasteiger partial charge in [0.2, 0.25) is 0 Å². The van der Waals surface area contributed by atoms with Gasteiger partial charge >= 0.3 is 13.5 Å². The number of hydrogen-bond acceptors (Lipinski definition) is 7. The van der Waals surface area contributed by atoms with Gasteiger partial charge in [-0.15, -0.1) is 0 Å². The maximum Gasteiger partial charge on any atom is 0.527 e. The molecule has 3 aromatic rings. The van der Waals surface area contributed by atoms with E-state index in [1.165, 1.54) is 19.3 Å². The van der Waals surface area contributed by atoms with Gasteiger partial charge in [0.15, 0.2) is 5.75 Å². The van der Waals surface area contributed by atoms with Gasteiger partial charge in [0, 0.05) is 28.9 Å². The highest BCUT2D eigenvalue weighted by Crippen LogP contribution is 2.50. The van der Waals surface area contributed by atoms with Gasteiger partial charge in [-0.1, -0.05) is 11.6 Å². The van der Waals surface area contributed by atoms with Crippen molar-refractivity contribution in [3.05, 3.63) is 60.4 Å². The normalized spacial score (nSPS) is 22.8. The van der Waals surface area contributed by atoms with E-state index in [0.717, 1.165) is 4.57 Å². The summed E-state index contributed by atoms with van der Waals surface area (Å²) in [5.41, 5.74) is -0.395. The molecule has 4 rings (SSSR count). The molecule has 1 aliphatic rings. The van der Waals surface area contributed by atoms with E-state index in [4.69, 9.17) is 25.4 Å². The summed E-state index contributed by atoms with van der Waals surface area (Å²) >= 11 is 9.56. The fourth-order valence-electron chi connectivity index (χ4n) is 3.46. The highest BCUT2D eigenvalue weighted by atomic mass is 79.9. The van der Waals surface area contributed by atoms with Crippen LogP contribution in [0.1, 0.15) is 18.2 Å². The number of aliphatic hydroxyl groups is 1. The molecule has 0 radical (unpaired) electrons. The standard InChI is InChI=1S/C18H18BrClN3O8P/c1-8-6-23(18(26)22-17(8)25)14-4-11(13(7-24)29-14)30-32(27,28)31-12-5-21-10-3-2-9(19)16(20)15(10)12/h2-3,5-6,11,13-14,21,24H,4,7H2,1H3,(H,27,28)(H,22,25,26)/t11-,13+,14+/m0/s1. The van der Waals surface area contributed by atoms with E-state index in [1.807, 2.05) is 0 Å². The molecule has 0 amide bonds. The predicted molar refractivity (Wildman–Crippen MR) is 118 cm³/mol. The molecular weight excluding hydrogens is 533 g/mol. The number of phosphoric acid groups is 1. The summed E-state index contributed by atoms with van der Waals surface area (Å²) in [5.74, 6) is 0.000580. The van der Waals surface area contributed by atoms with Crippen molar-refractivity contribution in [3.63, 3.8) is 0 Å². The third-order valence-corrected chi connectivity index (χ3v) is 7.25. The number of nitrogens with one attached hydrogen (secondary N) is 2. The zero-order valence-electron chi connectivity index (χ0n) is 16.4. The number of aromatic amines is 2. The molecule has 1 saturated heterocycles. The summed E-state index contributed by atoms with van der Waals surface area (Å²) in [6, 6.07) is 3.42. The molecule has 4 N–H and O–H groups in total. The molecule has 32 heavy (non-hydrogen) atoms. The van der Waals surface area contributed by atoms with E-state index >= 15 is 0 Å². The average molecular weight is 551 g/mol. The minimum atomic E-state index is -4.70. The van der Waals surface area contributed by atoms with E-state index in [-0.39, 0.29) is 22.8 Å². The number of benzene rings is 1. The second-order valence-electron chi connectivity index (χ2n) is 7.17. The zero-order chi connectivity index (χ0) is 23.2. The number of aromatic nitrogens is 3. The van der Waals surface area contributed by atoms with Crippen LogP contribution in [0.25, 0.3) is 10.9 Å². The molecule has 4 atom stereocenters. The van der Waals surface area contributed by atoms with Crippen LogP contribution in [-0.4, -0.2) is 43.3 Å². The van der Waals surface area contributed by atoms with Crippen LogP contribution in [0.15, 0.2) is 38.6 Å². The number of hydrogen-bond donors (Lipinski definition) is 4. The largest absolute Gasteiger partial charge is 0.527 e. The van der Waals surface area contributed by atoms with Crippen LogP contribution in [0.2, 0.25) is 5.02 Å². The number of fused-ring (bicyclic) bond motifs is 1. The Morgan fingerprint density at radius 1 is 1.41 bits per heavy atom. The first-order valence-electron chi connectivity index (χ1n) is 9.34. The molecule has 3 heterocycles. The van der Waals surface area contributed by atoms with E-state index in [0.29, 0.717) is 15.4 Å². The quantitative estimate of drug-likeness (QED) is 0.341. The van der Waals surface area contributed by atoms with Gasteiger partial charge in [-0.25, -0.2) is 9.36 Å². The number of phosphoric ester groups is 1. The molecule has 1 aromatic carbocycles. The van der Waals surface area contributed by atoms with E-state index in [9.17, 15) is 24.2 Å². The highest BCUT2D eigenvalue weighted by molar-refractivity contribution is 9.10. The van der Waals surface area contributed by atoms with Gasteiger partial charge < -0.3 is 19.4 Å². The third-order valence-electron chi connectivity index (χ3n) is 5.00. The lowest BCUT2D eigenvalue weighted by atomic mass is 10.2. The van der Waals surface area contributed by atoms with Crippen LogP contribution in [-0.2, 0) is 13.8 Å². The van der Waals surface area contributed by atoms with Gasteiger partial charge in [0.05, 0.1) is 22.5 Å². The number of nitrogens with zero attached hydrogens (tertiary/aromatic N) is 1. The number of halogens is 2. The lowest BCUT2D eigenvalue weighted by Crippen LogP contribution is -2.33. The molecule has 1 aliphatic heterocycles. The lowest BCUT2D eigenvalue weighted by Gasteiger charge is -2.19. The highest BCUT2D eigenvalue weighted by Gasteiger charge is 2.42. The molecule has 11 nitrogen and oxygen atoms in total. The van der Waals surface area contributed by atoms with Crippen molar-refractivity contribution in [1.29, 1.82) is 0 Å². The first-order chi connectivity index (χ1) is 15.1. The number of ether oxygens (including phenoxy) is 1. The predicted octanol–water partition coefficient (Wildman–Crippen LogP) is 2.59. The summed E-state index contributed by atoms with van der Waals surface area (Å²) in [6.45, 7) is 0.978. The minimum absolute atomic E-state index is 0.000580. The van der Waals surface area contributed by atoms with Gasteiger partial charge in [-0.2, -0.15) is 0 Å². The molecule has 172 valence electrons. The molecule has 1 fully saturated rings. The Morgan fingerprint density at radius 2 is 2.16 bits per heavy atom. The average Bonchev–Trinajstić information content (AvgIpc) is 3.31. The minimum Gasteiger partial charge on any atom is -0.402 e. The molecule has 1 unspecified atom stereocenters. The van der Waals surface area contributed by atoms with Crippen LogP contribution in [0, 0.1) is 6.92 Å². The van der Waals surface area contributed by atoms with E-state index in [1.54, 1.807) is 12.1 Å². The number of H-pyrrole nitrogens is 2. The summed E-state index contributed by atoms with van der Waals surface area (Å²) in [6.07, 6.45) is -0.390. The van der Waals surface area contributed by atoms with Crippen LogP contribution in [0.5, 0.6) is 5.75 Å². The number of rotatable bonds is 6. The van der Waals surface area contributed by atoms with Crippen LogP contribution in [0.3, 0.4) is 0 Å². The third kappa shape index (κ3) is 4.44. The SMILES string of the molecule is Cc1cn([C@H]2C[C@H](OP(=O)(O)Oc3c[nH]c4ccc(Br)c(Cl)c34)[C@@H](CO)O2)c(=O)[nH]c1=O. The van der Waals surface area contributed by atoms with Crippen molar-refractivity contribution in [2.24, 2.45) is 0 Å². The summed E-state index contributed by atoms with van der Waals surface area (Å²) < 4.78 is 30.6. The van der Waals surface area contributed by atoms with Crippen molar-refractivity contribution in [1.82, 2.24) is 14.5 Å². The second kappa shape index (κ2) is 8.79. The molecule has 0 bridgehead atoms. The molecule has 0 aliphatic carbocycles. The first kappa shape index (κ1) is 23.2. The maximum absolute atomic E-state index is 12.7. The van der Waals surface area contributed by atoms with Gasteiger partial charge in [-0.05, 0) is 35.0 Å². The Hall–Kier alpha value is -1.92. The van der Waals surface area contributed by atoms with Crippen molar-refractivity contribution in [2.75, 3.05) is 6.61 Å². The Bertz CT molecular complexity index is 1340. The van der Waals surface area contributed by atoms with Gasteiger partial charge in [0.1, 0.15) is 18.4 Å². The summed E-state index contributed by atoms with van der Waals surface area (Å²) in [7, 11) is -4.70. The van der Waals surface area contributed by atoms with Crippen molar-refractivity contribution in [3.8, 4) is 5.75 Å². The molecule has 0 spiro atoms. The fourth-order valence-corrected chi connectivity index (χ4v) is 5.05. The van der Waals surface area contributed by atoms with Crippen molar-refractivity contribution >= 4 is 46.3 Å². The van der Waals surface area contributed by atoms with E-state index in [2.05, 4.69) is 25.9 Å². The molecule has 14 heteroatoms. The monoisotopic (exact) mass is 549 g/mol. The summed E-state index contributed by atoms with van der Waals surface area (Å²) in [5, 5.41) is 10.3. The molecule has 0 saturated carbocycles. The fraction of sp³-hybridized carbons (Fsp3) is 0.333. The maximum atomic E-state index is 12.7. The molecular formula is C18H18BrClN3O8P. The Labute approximate surface area is 193 Å². The smallest absolute Gasteiger partial charge is 0.402 e. The van der Waals surface area contributed by atoms with Crippen LogP contribution < -0.4 is 15.8 Å². The lowest BCUT2D eigenvalue weighted by molar-refractivity contribution is -0.0450. The second-order valence-corrected chi connectivity index (χ2v) is 9.73.